The largest absolute Gasteiger partial charge is 0.508 e. The molecule has 0 aromatic heterocycles. The van der Waals surface area contributed by atoms with Crippen molar-refractivity contribution in [1.29, 1.82) is 0 Å². The van der Waals surface area contributed by atoms with Gasteiger partial charge in [-0.25, -0.2) is 4.79 Å². The molecule has 0 saturated heterocycles. The highest BCUT2D eigenvalue weighted by atomic mass is 16.5. The minimum atomic E-state index is -0.332. The summed E-state index contributed by atoms with van der Waals surface area (Å²) in [6, 6.07) is 6.08. The number of carbonyl (C=O) groups is 1. The summed E-state index contributed by atoms with van der Waals surface area (Å²) in [5, 5.41) is 9.11. The first-order valence-corrected chi connectivity index (χ1v) is 6.85. The molecular weight excluding hydrogens is 240 g/mol. The third-order valence-electron chi connectivity index (χ3n) is 2.72. The maximum Gasteiger partial charge on any atom is 0.338 e. The Balaban J connectivity index is 2.12. The Bertz CT molecular complexity index is 393. The van der Waals surface area contributed by atoms with Crippen LogP contribution in [0, 0.1) is 0 Å². The van der Waals surface area contributed by atoms with E-state index in [4.69, 9.17) is 9.84 Å². The first-order valence-electron chi connectivity index (χ1n) is 6.85. The second kappa shape index (κ2) is 9.20. The van der Waals surface area contributed by atoms with Gasteiger partial charge < -0.3 is 9.84 Å². The van der Waals surface area contributed by atoms with Crippen LogP contribution in [0.3, 0.4) is 0 Å². The van der Waals surface area contributed by atoms with Crippen LogP contribution in [0.5, 0.6) is 5.75 Å². The molecule has 0 bridgehead atoms. The molecule has 3 nitrogen and oxygen atoms in total. The van der Waals surface area contributed by atoms with E-state index in [1.807, 2.05) is 0 Å². The van der Waals surface area contributed by atoms with Crippen LogP contribution in [-0.4, -0.2) is 17.7 Å². The summed E-state index contributed by atoms with van der Waals surface area (Å²) in [4.78, 5) is 11.6. The van der Waals surface area contributed by atoms with Gasteiger partial charge in [0.2, 0.25) is 0 Å². The van der Waals surface area contributed by atoms with E-state index in [0.29, 0.717) is 12.2 Å². The lowest BCUT2D eigenvalue weighted by Gasteiger charge is -2.04. The van der Waals surface area contributed by atoms with Gasteiger partial charge in [-0.05, 0) is 49.9 Å². The summed E-state index contributed by atoms with van der Waals surface area (Å²) in [5.41, 5.74) is 0.473. The van der Waals surface area contributed by atoms with Crippen LogP contribution in [0.25, 0.3) is 0 Å². The number of allylic oxidation sites excluding steroid dienone is 2. The Kier molecular flexibility index (Phi) is 7.40. The van der Waals surface area contributed by atoms with Crippen LogP contribution in [-0.2, 0) is 4.74 Å². The number of phenols is 1. The lowest BCUT2D eigenvalue weighted by molar-refractivity contribution is 0.0498. The molecule has 0 aliphatic carbocycles. The van der Waals surface area contributed by atoms with Crippen molar-refractivity contribution in [1.82, 2.24) is 0 Å². The summed E-state index contributed by atoms with van der Waals surface area (Å²) in [5.74, 6) is -0.183. The monoisotopic (exact) mass is 262 g/mol. The highest BCUT2D eigenvalue weighted by Gasteiger charge is 2.05. The van der Waals surface area contributed by atoms with Crippen molar-refractivity contribution in [3.63, 3.8) is 0 Å². The summed E-state index contributed by atoms with van der Waals surface area (Å²) in [7, 11) is 0. The van der Waals surface area contributed by atoms with Gasteiger partial charge in [0.15, 0.2) is 0 Å². The quantitative estimate of drug-likeness (QED) is 0.436. The molecule has 0 fully saturated rings. The molecular formula is C16H22O3. The third-order valence-corrected chi connectivity index (χ3v) is 2.72. The first kappa shape index (κ1) is 15.3. The number of hydrogen-bond donors (Lipinski definition) is 1. The van der Waals surface area contributed by atoms with Gasteiger partial charge in [-0.3, -0.25) is 0 Å². The number of unbranched alkanes of at least 4 members (excludes halogenated alkanes) is 3. The van der Waals surface area contributed by atoms with Crippen LogP contribution in [0.4, 0.5) is 0 Å². The molecule has 0 heterocycles. The molecule has 3 heteroatoms. The number of carbonyl (C=O) groups excluding carboxylic acids is 1. The van der Waals surface area contributed by atoms with E-state index in [2.05, 4.69) is 19.1 Å². The van der Waals surface area contributed by atoms with Gasteiger partial charge in [0, 0.05) is 0 Å². The van der Waals surface area contributed by atoms with Crippen LogP contribution in [0.2, 0.25) is 0 Å². The molecule has 0 aliphatic rings. The first-order chi connectivity index (χ1) is 9.24. The molecule has 0 atom stereocenters. The van der Waals surface area contributed by atoms with Crippen LogP contribution in [0.15, 0.2) is 36.4 Å². The van der Waals surface area contributed by atoms with E-state index in [-0.39, 0.29) is 11.7 Å². The van der Waals surface area contributed by atoms with Gasteiger partial charge in [0.25, 0.3) is 0 Å². The average molecular weight is 262 g/mol. The highest BCUT2D eigenvalue weighted by molar-refractivity contribution is 5.89. The van der Waals surface area contributed by atoms with Gasteiger partial charge in [-0.1, -0.05) is 25.5 Å². The third kappa shape index (κ3) is 6.65. The molecule has 1 aromatic rings. The SMILES string of the molecule is CCC/C=C/CCCCOC(=O)c1ccc(O)cc1. The van der Waals surface area contributed by atoms with E-state index < -0.39 is 0 Å². The Morgan fingerprint density at radius 2 is 1.84 bits per heavy atom. The van der Waals surface area contributed by atoms with E-state index in [9.17, 15) is 4.79 Å². The summed E-state index contributed by atoms with van der Waals surface area (Å²) in [6.45, 7) is 2.61. The van der Waals surface area contributed by atoms with Crippen molar-refractivity contribution < 1.29 is 14.6 Å². The van der Waals surface area contributed by atoms with E-state index in [1.54, 1.807) is 12.1 Å². The zero-order valence-corrected chi connectivity index (χ0v) is 11.5. The normalized spacial score (nSPS) is 10.8. The minimum absolute atomic E-state index is 0.149. The highest BCUT2D eigenvalue weighted by Crippen LogP contribution is 2.10. The molecule has 1 N–H and O–H groups in total. The van der Waals surface area contributed by atoms with Crippen molar-refractivity contribution in [2.24, 2.45) is 0 Å². The van der Waals surface area contributed by atoms with Gasteiger partial charge in [-0.15, -0.1) is 0 Å². The van der Waals surface area contributed by atoms with Crippen molar-refractivity contribution in [3.05, 3.63) is 42.0 Å². The summed E-state index contributed by atoms with van der Waals surface area (Å²) >= 11 is 0. The zero-order valence-electron chi connectivity index (χ0n) is 11.5. The Labute approximate surface area is 114 Å². The average Bonchev–Trinajstić information content (AvgIpc) is 2.42. The number of rotatable bonds is 8. The van der Waals surface area contributed by atoms with Crippen molar-refractivity contribution in [3.8, 4) is 5.75 Å². The molecule has 1 rings (SSSR count). The smallest absolute Gasteiger partial charge is 0.338 e. The number of esters is 1. The van der Waals surface area contributed by atoms with Gasteiger partial charge in [0.05, 0.1) is 12.2 Å². The fourth-order valence-corrected chi connectivity index (χ4v) is 1.61. The molecule has 0 amide bonds. The topological polar surface area (TPSA) is 46.5 Å². The summed E-state index contributed by atoms with van der Waals surface area (Å²) < 4.78 is 5.15. The predicted octanol–water partition coefficient (Wildman–Crippen LogP) is 4.08. The van der Waals surface area contributed by atoms with Gasteiger partial charge in [0.1, 0.15) is 5.75 Å². The lowest BCUT2D eigenvalue weighted by atomic mass is 10.2. The van der Waals surface area contributed by atoms with E-state index in [0.717, 1.165) is 25.7 Å². The molecule has 0 spiro atoms. The number of phenolic OH excluding ortho intramolecular Hbond substituents is 1. The number of benzene rings is 1. The van der Waals surface area contributed by atoms with E-state index in [1.165, 1.54) is 18.6 Å². The summed E-state index contributed by atoms with van der Waals surface area (Å²) in [6.07, 6.45) is 9.64. The second-order valence-electron chi connectivity index (χ2n) is 4.44. The van der Waals surface area contributed by atoms with Crippen LogP contribution in [0.1, 0.15) is 49.4 Å². The van der Waals surface area contributed by atoms with Crippen LogP contribution >= 0.6 is 0 Å². The zero-order chi connectivity index (χ0) is 13.9. The fourth-order valence-electron chi connectivity index (χ4n) is 1.61. The van der Waals surface area contributed by atoms with E-state index >= 15 is 0 Å². The number of hydrogen-bond acceptors (Lipinski definition) is 3. The van der Waals surface area contributed by atoms with Crippen LogP contribution < -0.4 is 0 Å². The molecule has 0 aliphatic heterocycles. The number of aromatic hydroxyl groups is 1. The minimum Gasteiger partial charge on any atom is -0.508 e. The van der Waals surface area contributed by atoms with Crippen molar-refractivity contribution >= 4 is 5.97 Å². The standard InChI is InChI=1S/C16H22O3/c1-2-3-4-5-6-7-8-13-19-16(18)14-9-11-15(17)12-10-14/h4-5,9-12,17H,2-3,6-8,13H2,1H3/b5-4+. The van der Waals surface area contributed by atoms with Crippen molar-refractivity contribution in [2.45, 2.75) is 39.0 Å². The van der Waals surface area contributed by atoms with Gasteiger partial charge >= 0.3 is 5.97 Å². The fraction of sp³-hybridized carbons (Fsp3) is 0.438. The molecule has 1 aromatic carbocycles. The Morgan fingerprint density at radius 3 is 2.53 bits per heavy atom. The predicted molar refractivity (Wildman–Crippen MR) is 76.3 cm³/mol. The molecule has 19 heavy (non-hydrogen) atoms. The van der Waals surface area contributed by atoms with Crippen molar-refractivity contribution in [2.75, 3.05) is 6.61 Å². The van der Waals surface area contributed by atoms with Gasteiger partial charge in [-0.2, -0.15) is 0 Å². The molecule has 0 radical (unpaired) electrons. The second-order valence-corrected chi connectivity index (χ2v) is 4.44. The molecule has 0 saturated carbocycles. The molecule has 0 unspecified atom stereocenters. The Morgan fingerprint density at radius 1 is 1.16 bits per heavy atom. The maximum absolute atomic E-state index is 11.6. The molecule has 104 valence electrons. The maximum atomic E-state index is 11.6. The lowest BCUT2D eigenvalue weighted by Crippen LogP contribution is -2.06. The number of ether oxygens (including phenoxy) is 1. The Hall–Kier alpha value is -1.77.